The number of halogens is 1. The molecule has 7 heteroatoms. The highest BCUT2D eigenvalue weighted by atomic mass is 35.5. The number of pyridine rings is 1. The van der Waals surface area contributed by atoms with Gasteiger partial charge in [0, 0.05) is 42.8 Å². The molecule has 32 heavy (non-hydrogen) atoms. The van der Waals surface area contributed by atoms with Crippen LogP contribution in [0, 0.1) is 0 Å². The molecule has 0 aliphatic carbocycles. The Morgan fingerprint density at radius 2 is 1.81 bits per heavy atom. The number of hydrogen-bond donors (Lipinski definition) is 2. The lowest BCUT2D eigenvalue weighted by Crippen LogP contribution is -2.34. The molecular weight excluding hydrogens is 424 g/mol. The zero-order valence-corrected chi connectivity index (χ0v) is 18.4. The molecule has 1 amide bonds. The van der Waals surface area contributed by atoms with Crippen molar-refractivity contribution in [3.8, 4) is 0 Å². The van der Waals surface area contributed by atoms with Crippen molar-refractivity contribution in [3.63, 3.8) is 0 Å². The number of rotatable bonds is 7. The summed E-state index contributed by atoms with van der Waals surface area (Å²) in [5.41, 5.74) is 4.55. The Morgan fingerprint density at radius 3 is 2.53 bits per heavy atom. The summed E-state index contributed by atoms with van der Waals surface area (Å²) < 4.78 is 5.41. The maximum atomic E-state index is 12.8. The zero-order chi connectivity index (χ0) is 22.3. The number of nitrogens with zero attached hydrogens (tertiary/aromatic N) is 2. The lowest BCUT2D eigenvalue weighted by atomic mass is 10.1. The van der Waals surface area contributed by atoms with Crippen LogP contribution in [0.15, 0.2) is 73.4 Å². The third-order valence-corrected chi connectivity index (χ3v) is 5.55. The fraction of sp³-hybridized carbons (Fsp3) is 0.200. The van der Waals surface area contributed by atoms with Gasteiger partial charge in [-0.05, 0) is 41.5 Å². The molecule has 1 fully saturated rings. The molecule has 2 aromatic carbocycles. The van der Waals surface area contributed by atoms with Crippen molar-refractivity contribution in [1.29, 1.82) is 0 Å². The number of hydrogen-bond acceptors (Lipinski definition) is 5. The van der Waals surface area contributed by atoms with Crippen molar-refractivity contribution < 1.29 is 9.53 Å². The summed E-state index contributed by atoms with van der Waals surface area (Å²) in [5, 5.41) is 6.73. The molecule has 164 valence electrons. The summed E-state index contributed by atoms with van der Waals surface area (Å²) in [4.78, 5) is 19.1. The molecule has 0 spiro atoms. The number of morpholine rings is 1. The summed E-state index contributed by atoms with van der Waals surface area (Å²) in [5.74, 6) is 0.243. The smallest absolute Gasteiger partial charge is 0.257 e. The second-order valence-corrected chi connectivity index (χ2v) is 7.89. The monoisotopic (exact) mass is 448 g/mol. The van der Waals surface area contributed by atoms with E-state index < -0.39 is 0 Å². The molecule has 3 aromatic rings. The van der Waals surface area contributed by atoms with Gasteiger partial charge < -0.3 is 20.3 Å². The van der Waals surface area contributed by atoms with Gasteiger partial charge in [-0.25, -0.2) is 4.98 Å². The number of amides is 1. The Balaban J connectivity index is 1.39. The van der Waals surface area contributed by atoms with Crippen molar-refractivity contribution in [2.24, 2.45) is 0 Å². The van der Waals surface area contributed by atoms with Crippen molar-refractivity contribution in [1.82, 2.24) is 9.88 Å². The minimum atomic E-state index is -0.214. The largest absolute Gasteiger partial charge is 0.381 e. The van der Waals surface area contributed by atoms with Gasteiger partial charge >= 0.3 is 0 Å². The van der Waals surface area contributed by atoms with Gasteiger partial charge in [0.25, 0.3) is 5.91 Å². The number of carbonyl (C=O) groups excluding carboxylic acids is 1. The topological polar surface area (TPSA) is 66.5 Å². The molecule has 2 heterocycles. The van der Waals surface area contributed by atoms with E-state index in [1.165, 1.54) is 6.20 Å². The first-order chi connectivity index (χ1) is 15.6. The van der Waals surface area contributed by atoms with Crippen LogP contribution in [0.1, 0.15) is 21.5 Å². The highest BCUT2D eigenvalue weighted by Gasteiger charge is 2.14. The second kappa shape index (κ2) is 10.3. The normalized spacial score (nSPS) is 13.5. The second-order valence-electron chi connectivity index (χ2n) is 7.45. The van der Waals surface area contributed by atoms with Crippen molar-refractivity contribution >= 4 is 34.7 Å². The summed E-state index contributed by atoms with van der Waals surface area (Å²) in [7, 11) is 0. The van der Waals surface area contributed by atoms with Gasteiger partial charge in [-0.2, -0.15) is 0 Å². The van der Waals surface area contributed by atoms with E-state index in [0.29, 0.717) is 22.9 Å². The quantitative estimate of drug-likeness (QED) is 0.538. The Morgan fingerprint density at radius 1 is 1.06 bits per heavy atom. The van der Waals surface area contributed by atoms with Gasteiger partial charge in [-0.3, -0.25) is 4.79 Å². The van der Waals surface area contributed by atoms with E-state index in [0.717, 1.165) is 48.8 Å². The highest BCUT2D eigenvalue weighted by molar-refractivity contribution is 6.30. The molecule has 0 radical (unpaired) electrons. The van der Waals surface area contributed by atoms with Crippen LogP contribution in [-0.4, -0.2) is 42.1 Å². The van der Waals surface area contributed by atoms with E-state index in [2.05, 4.69) is 39.2 Å². The number of benzene rings is 2. The first-order valence-electron chi connectivity index (χ1n) is 10.5. The van der Waals surface area contributed by atoms with Crippen molar-refractivity contribution in [3.05, 3.63) is 95.2 Å². The summed E-state index contributed by atoms with van der Waals surface area (Å²) in [6, 6.07) is 19.0. The van der Waals surface area contributed by atoms with Crippen LogP contribution in [0.5, 0.6) is 0 Å². The van der Waals surface area contributed by atoms with E-state index in [-0.39, 0.29) is 5.91 Å². The Kier molecular flexibility index (Phi) is 7.04. The molecule has 1 aliphatic heterocycles. The predicted octanol–water partition coefficient (Wildman–Crippen LogP) is 4.90. The summed E-state index contributed by atoms with van der Waals surface area (Å²) in [6.45, 7) is 7.95. The first kappa shape index (κ1) is 21.9. The van der Waals surface area contributed by atoms with Crippen LogP contribution < -0.4 is 10.6 Å². The SMILES string of the molecule is C=C(c1ccc(NCc2ccccc2C(=O)Nc2ccc(Cl)cn2)cc1)N1CCOCC1. The summed E-state index contributed by atoms with van der Waals surface area (Å²) in [6.07, 6.45) is 1.50. The molecule has 6 nitrogen and oxygen atoms in total. The van der Waals surface area contributed by atoms with Gasteiger partial charge in [-0.15, -0.1) is 0 Å². The van der Waals surface area contributed by atoms with E-state index in [4.69, 9.17) is 16.3 Å². The lowest BCUT2D eigenvalue weighted by Gasteiger charge is -2.30. The average Bonchev–Trinajstić information content (AvgIpc) is 2.85. The minimum Gasteiger partial charge on any atom is -0.381 e. The van der Waals surface area contributed by atoms with E-state index >= 15 is 0 Å². The van der Waals surface area contributed by atoms with Crippen LogP contribution in [-0.2, 0) is 11.3 Å². The van der Waals surface area contributed by atoms with Crippen LogP contribution in [0.3, 0.4) is 0 Å². The highest BCUT2D eigenvalue weighted by Crippen LogP contribution is 2.21. The van der Waals surface area contributed by atoms with Gasteiger partial charge in [0.15, 0.2) is 0 Å². The van der Waals surface area contributed by atoms with Gasteiger partial charge in [0.2, 0.25) is 0 Å². The predicted molar refractivity (Wildman–Crippen MR) is 129 cm³/mol. The first-order valence-corrected chi connectivity index (χ1v) is 10.8. The lowest BCUT2D eigenvalue weighted by molar-refractivity contribution is 0.0641. The number of nitrogens with one attached hydrogen (secondary N) is 2. The third kappa shape index (κ3) is 5.46. The van der Waals surface area contributed by atoms with Crippen LogP contribution in [0.25, 0.3) is 5.70 Å². The number of ether oxygens (including phenoxy) is 1. The van der Waals surface area contributed by atoms with E-state index in [1.807, 2.05) is 30.3 Å². The third-order valence-electron chi connectivity index (χ3n) is 5.32. The van der Waals surface area contributed by atoms with Crippen LogP contribution in [0.2, 0.25) is 5.02 Å². The number of aromatic nitrogens is 1. The Labute approximate surface area is 192 Å². The molecule has 0 atom stereocenters. The van der Waals surface area contributed by atoms with Crippen LogP contribution >= 0.6 is 11.6 Å². The molecule has 1 aliphatic rings. The van der Waals surface area contributed by atoms with Crippen molar-refractivity contribution in [2.45, 2.75) is 6.54 Å². The van der Waals surface area contributed by atoms with E-state index in [9.17, 15) is 4.79 Å². The fourth-order valence-electron chi connectivity index (χ4n) is 3.52. The zero-order valence-electron chi connectivity index (χ0n) is 17.7. The maximum Gasteiger partial charge on any atom is 0.257 e. The molecule has 0 bridgehead atoms. The molecular formula is C25H25ClN4O2. The van der Waals surface area contributed by atoms with Crippen molar-refractivity contribution in [2.75, 3.05) is 36.9 Å². The van der Waals surface area contributed by atoms with Gasteiger partial charge in [0.05, 0.1) is 18.2 Å². The average molecular weight is 449 g/mol. The number of anilines is 2. The number of carbonyl (C=O) groups is 1. The van der Waals surface area contributed by atoms with E-state index in [1.54, 1.807) is 18.2 Å². The molecule has 1 aromatic heterocycles. The molecule has 0 unspecified atom stereocenters. The fourth-order valence-corrected chi connectivity index (χ4v) is 3.63. The van der Waals surface area contributed by atoms with Crippen LogP contribution in [0.4, 0.5) is 11.5 Å². The Hall–Kier alpha value is -3.35. The summed E-state index contributed by atoms with van der Waals surface area (Å²) >= 11 is 5.86. The Bertz CT molecular complexity index is 1080. The van der Waals surface area contributed by atoms with Gasteiger partial charge in [-0.1, -0.05) is 48.5 Å². The minimum absolute atomic E-state index is 0.214. The molecule has 4 rings (SSSR count). The molecule has 1 saturated heterocycles. The standard InChI is InChI=1S/C25H25ClN4O2/c1-18(30-12-14-32-15-13-30)19-6-9-22(10-7-19)27-16-20-4-2-3-5-23(20)25(31)29-24-11-8-21(26)17-28-24/h2-11,17,27H,1,12-16H2,(H,28,29,31). The molecule has 2 N–H and O–H groups in total. The maximum absolute atomic E-state index is 12.8. The molecule has 0 saturated carbocycles. The van der Waals surface area contributed by atoms with Gasteiger partial charge in [0.1, 0.15) is 5.82 Å².